The van der Waals surface area contributed by atoms with Crippen molar-refractivity contribution in [2.45, 2.75) is 13.8 Å². The number of thiophene rings is 1. The number of nitrogens with zero attached hydrogens (tertiary/aromatic N) is 2. The van der Waals surface area contributed by atoms with Gasteiger partial charge in [0.15, 0.2) is 5.69 Å². The molecule has 2 rings (SSSR count). The van der Waals surface area contributed by atoms with Crippen molar-refractivity contribution in [3.05, 3.63) is 27.9 Å². The van der Waals surface area contributed by atoms with Crippen LogP contribution in [0.1, 0.15) is 31.3 Å². The Labute approximate surface area is 117 Å². The highest BCUT2D eigenvalue weighted by Crippen LogP contribution is 2.33. The lowest BCUT2D eigenvalue weighted by molar-refractivity contribution is 0.0601. The zero-order valence-electron chi connectivity index (χ0n) is 10.5. The predicted molar refractivity (Wildman–Crippen MR) is 73.0 cm³/mol. The number of aromatic nitrogens is 2. The van der Waals surface area contributed by atoms with Gasteiger partial charge in [0.2, 0.25) is 0 Å². The van der Waals surface area contributed by atoms with Crippen molar-refractivity contribution < 1.29 is 14.3 Å². The molecular formula is C11H11N3O3S2. The summed E-state index contributed by atoms with van der Waals surface area (Å²) in [7, 11) is 1.31. The van der Waals surface area contributed by atoms with Crippen LogP contribution in [0.25, 0.3) is 0 Å². The third kappa shape index (κ3) is 2.64. The normalized spacial score (nSPS) is 10.3. The first-order valence-corrected chi connectivity index (χ1v) is 6.86. The zero-order valence-corrected chi connectivity index (χ0v) is 12.1. The van der Waals surface area contributed by atoms with Crippen molar-refractivity contribution in [2.75, 3.05) is 12.4 Å². The molecule has 0 saturated heterocycles. The van der Waals surface area contributed by atoms with Crippen molar-refractivity contribution in [1.29, 1.82) is 0 Å². The van der Waals surface area contributed by atoms with E-state index < -0.39 is 5.97 Å². The second kappa shape index (κ2) is 5.45. The van der Waals surface area contributed by atoms with E-state index in [0.29, 0.717) is 10.6 Å². The minimum atomic E-state index is -0.464. The maximum absolute atomic E-state index is 11.9. The maximum Gasteiger partial charge on any atom is 0.341 e. The molecule has 0 aliphatic heterocycles. The summed E-state index contributed by atoms with van der Waals surface area (Å²) >= 11 is 2.29. The van der Waals surface area contributed by atoms with Gasteiger partial charge in [0, 0.05) is 4.88 Å². The van der Waals surface area contributed by atoms with Gasteiger partial charge < -0.3 is 10.1 Å². The minimum Gasteiger partial charge on any atom is -0.465 e. The fourth-order valence-electron chi connectivity index (χ4n) is 1.49. The van der Waals surface area contributed by atoms with Gasteiger partial charge in [0.05, 0.1) is 30.6 Å². The lowest BCUT2D eigenvalue weighted by atomic mass is 10.1. The third-order valence-electron chi connectivity index (χ3n) is 2.60. The first-order valence-electron chi connectivity index (χ1n) is 5.31. The van der Waals surface area contributed by atoms with Crippen molar-refractivity contribution in [3.63, 3.8) is 0 Å². The van der Waals surface area contributed by atoms with Gasteiger partial charge in [0.1, 0.15) is 5.00 Å². The molecule has 0 fully saturated rings. The van der Waals surface area contributed by atoms with Gasteiger partial charge in [0.25, 0.3) is 5.91 Å². The number of anilines is 1. The smallest absolute Gasteiger partial charge is 0.341 e. The molecule has 0 aliphatic carbocycles. The summed E-state index contributed by atoms with van der Waals surface area (Å²) in [5, 5.41) is 3.14. The number of methoxy groups -OCH3 is 1. The average molecular weight is 297 g/mol. The number of aryl methyl sites for hydroxylation is 1. The van der Waals surface area contributed by atoms with E-state index in [1.165, 1.54) is 24.6 Å². The first kappa shape index (κ1) is 13.6. The lowest BCUT2D eigenvalue weighted by Crippen LogP contribution is -2.14. The van der Waals surface area contributed by atoms with Crippen LogP contribution in [0.3, 0.4) is 0 Å². The number of nitrogens with one attached hydrogen (secondary N) is 1. The molecule has 6 nitrogen and oxygen atoms in total. The Morgan fingerprint density at radius 1 is 1.37 bits per heavy atom. The highest BCUT2D eigenvalue weighted by atomic mass is 32.1. The van der Waals surface area contributed by atoms with E-state index in [9.17, 15) is 9.59 Å². The summed E-state index contributed by atoms with van der Waals surface area (Å²) < 4.78 is 12.3. The van der Waals surface area contributed by atoms with Gasteiger partial charge in [-0.15, -0.1) is 11.3 Å². The van der Waals surface area contributed by atoms with Gasteiger partial charge in [-0.2, -0.15) is 8.75 Å². The Morgan fingerprint density at radius 3 is 2.68 bits per heavy atom. The molecule has 2 aromatic rings. The molecule has 0 radical (unpaired) electrons. The number of hydrogen-bond donors (Lipinski definition) is 1. The van der Waals surface area contributed by atoms with E-state index in [-0.39, 0.29) is 11.6 Å². The molecule has 0 unspecified atom stereocenters. The summed E-state index contributed by atoms with van der Waals surface area (Å²) in [4.78, 5) is 24.6. The van der Waals surface area contributed by atoms with Crippen LogP contribution >= 0.6 is 23.1 Å². The molecule has 19 heavy (non-hydrogen) atoms. The number of carbonyl (C=O) groups is 2. The average Bonchev–Trinajstić information content (AvgIpc) is 2.99. The molecule has 2 heterocycles. The summed E-state index contributed by atoms with van der Waals surface area (Å²) in [6.07, 6.45) is 1.38. The van der Waals surface area contributed by atoms with Crippen molar-refractivity contribution in [1.82, 2.24) is 8.75 Å². The Bertz CT molecular complexity index is 619. The molecule has 0 saturated carbocycles. The summed E-state index contributed by atoms with van der Waals surface area (Å²) in [6.45, 7) is 3.70. The van der Waals surface area contributed by atoms with Crippen LogP contribution in [0, 0.1) is 13.8 Å². The van der Waals surface area contributed by atoms with Crippen LogP contribution in [0.15, 0.2) is 6.20 Å². The van der Waals surface area contributed by atoms with Crippen LogP contribution in [0.2, 0.25) is 0 Å². The Hall–Kier alpha value is -1.80. The molecule has 2 aromatic heterocycles. The number of ether oxygens (including phenoxy) is 1. The summed E-state index contributed by atoms with van der Waals surface area (Å²) in [5.74, 6) is -0.853. The molecule has 1 N–H and O–H groups in total. The van der Waals surface area contributed by atoms with Crippen LogP contribution in [-0.4, -0.2) is 27.7 Å². The molecular weight excluding hydrogens is 286 g/mol. The Morgan fingerprint density at radius 2 is 2.11 bits per heavy atom. The number of rotatable bonds is 3. The van der Waals surface area contributed by atoms with E-state index in [4.69, 9.17) is 4.74 Å². The fourth-order valence-corrected chi connectivity index (χ4v) is 2.95. The van der Waals surface area contributed by atoms with E-state index in [2.05, 4.69) is 14.1 Å². The quantitative estimate of drug-likeness (QED) is 0.879. The van der Waals surface area contributed by atoms with E-state index in [0.717, 1.165) is 22.2 Å². The maximum atomic E-state index is 11.9. The van der Waals surface area contributed by atoms with Crippen LogP contribution < -0.4 is 5.32 Å². The zero-order chi connectivity index (χ0) is 14.0. The van der Waals surface area contributed by atoms with Crippen LogP contribution in [0.4, 0.5) is 5.00 Å². The van der Waals surface area contributed by atoms with Gasteiger partial charge in [-0.25, -0.2) is 4.79 Å². The Kier molecular flexibility index (Phi) is 3.91. The Balaban J connectivity index is 2.33. The lowest BCUT2D eigenvalue weighted by Gasteiger charge is -2.04. The molecule has 1 amide bonds. The SMILES string of the molecule is COC(=O)c1c(NC(=O)c2cnsn2)sc(C)c1C. The number of esters is 1. The molecule has 8 heteroatoms. The predicted octanol–water partition coefficient (Wildman–Crippen LogP) is 2.26. The molecule has 0 aromatic carbocycles. The van der Waals surface area contributed by atoms with Crippen molar-refractivity contribution in [2.24, 2.45) is 0 Å². The topological polar surface area (TPSA) is 81.2 Å². The molecule has 0 atom stereocenters. The van der Waals surface area contributed by atoms with E-state index in [1.807, 2.05) is 13.8 Å². The molecule has 0 bridgehead atoms. The summed E-state index contributed by atoms with van der Waals surface area (Å²) in [6, 6.07) is 0. The number of hydrogen-bond acceptors (Lipinski definition) is 7. The number of amides is 1. The number of carbonyl (C=O) groups excluding carboxylic acids is 2. The third-order valence-corrected chi connectivity index (χ3v) is 4.20. The van der Waals surface area contributed by atoms with E-state index in [1.54, 1.807) is 0 Å². The van der Waals surface area contributed by atoms with Crippen LogP contribution in [-0.2, 0) is 4.74 Å². The molecule has 0 aliphatic rings. The highest BCUT2D eigenvalue weighted by molar-refractivity contribution is 7.16. The van der Waals surface area contributed by atoms with Crippen molar-refractivity contribution in [3.8, 4) is 0 Å². The second-order valence-electron chi connectivity index (χ2n) is 3.73. The second-order valence-corrected chi connectivity index (χ2v) is 5.51. The van der Waals surface area contributed by atoms with Gasteiger partial charge in [-0.05, 0) is 19.4 Å². The minimum absolute atomic E-state index is 0.226. The van der Waals surface area contributed by atoms with Crippen LogP contribution in [0.5, 0.6) is 0 Å². The monoisotopic (exact) mass is 297 g/mol. The van der Waals surface area contributed by atoms with E-state index >= 15 is 0 Å². The summed E-state index contributed by atoms with van der Waals surface area (Å²) in [5.41, 5.74) is 1.43. The fraction of sp³-hybridized carbons (Fsp3) is 0.273. The van der Waals surface area contributed by atoms with Crippen molar-refractivity contribution >= 4 is 39.9 Å². The van der Waals surface area contributed by atoms with Gasteiger partial charge in [-0.3, -0.25) is 4.79 Å². The van der Waals surface area contributed by atoms with Gasteiger partial charge >= 0.3 is 5.97 Å². The molecule has 100 valence electrons. The highest BCUT2D eigenvalue weighted by Gasteiger charge is 2.22. The largest absolute Gasteiger partial charge is 0.465 e. The first-order chi connectivity index (χ1) is 9.04. The standard InChI is InChI=1S/C11H11N3O3S2/c1-5-6(2)18-10(8(5)11(16)17-3)13-9(15)7-4-12-19-14-7/h4H,1-3H3,(H,13,15). The molecule has 0 spiro atoms. The van der Waals surface area contributed by atoms with Gasteiger partial charge in [-0.1, -0.05) is 0 Å².